The lowest BCUT2D eigenvalue weighted by Gasteiger charge is -2.05. The molecule has 0 fully saturated rings. The second-order valence-electron chi connectivity index (χ2n) is 2.43. The number of rotatable bonds is 2. The molecule has 0 amide bonds. The van der Waals surface area contributed by atoms with Gasteiger partial charge in [-0.1, -0.05) is 0 Å². The number of hydrogen-bond donors (Lipinski definition) is 0. The van der Waals surface area contributed by atoms with Crippen molar-refractivity contribution in [1.29, 1.82) is 0 Å². The number of methoxy groups -OCH3 is 1. The highest BCUT2D eigenvalue weighted by Crippen LogP contribution is 2.29. The van der Waals surface area contributed by atoms with Gasteiger partial charge in [0.2, 0.25) is 0 Å². The molecule has 0 aliphatic heterocycles. The van der Waals surface area contributed by atoms with Crippen LogP contribution in [0.1, 0.15) is 5.56 Å². The molecule has 0 aliphatic rings. The number of ether oxygens (including phenoxy) is 1. The van der Waals surface area contributed by atoms with Crippen LogP contribution in [-0.2, 0) is 0 Å². The number of aryl methyl sites for hydroxylation is 1. The van der Waals surface area contributed by atoms with E-state index in [4.69, 9.17) is 4.74 Å². The van der Waals surface area contributed by atoms with Crippen LogP contribution >= 0.6 is 0 Å². The third kappa shape index (κ3) is 1.44. The van der Waals surface area contributed by atoms with E-state index >= 15 is 0 Å². The summed E-state index contributed by atoms with van der Waals surface area (Å²) in [4.78, 5) is 3.63. The second kappa shape index (κ2) is 3.34. The van der Waals surface area contributed by atoms with Crippen molar-refractivity contribution in [2.24, 2.45) is 4.99 Å². The second-order valence-corrected chi connectivity index (χ2v) is 2.43. The Balaban J connectivity index is 3.28. The topological polar surface area (TPSA) is 21.6 Å². The number of nitrogens with zero attached hydrogens (tertiary/aromatic N) is 1. The third-order valence-electron chi connectivity index (χ3n) is 1.63. The Morgan fingerprint density at radius 1 is 1.50 bits per heavy atom. The van der Waals surface area contributed by atoms with E-state index in [9.17, 15) is 4.39 Å². The Labute approximate surface area is 70.7 Å². The highest BCUT2D eigenvalue weighted by atomic mass is 19.1. The average molecular weight is 167 g/mol. The van der Waals surface area contributed by atoms with Crippen LogP contribution in [0.5, 0.6) is 5.75 Å². The normalized spacial score (nSPS) is 9.58. The molecule has 3 heteroatoms. The van der Waals surface area contributed by atoms with Crippen LogP contribution in [-0.4, -0.2) is 13.8 Å². The largest absolute Gasteiger partial charge is 0.494 e. The Bertz CT molecular complexity index is 310. The molecule has 2 nitrogen and oxygen atoms in total. The predicted octanol–water partition coefficient (Wildman–Crippen LogP) is 2.47. The van der Waals surface area contributed by atoms with Crippen LogP contribution in [0, 0.1) is 12.7 Å². The maximum Gasteiger partial charge on any atom is 0.144 e. The molecule has 64 valence electrons. The maximum absolute atomic E-state index is 12.9. The number of halogens is 1. The Morgan fingerprint density at radius 2 is 2.17 bits per heavy atom. The smallest absolute Gasteiger partial charge is 0.144 e. The fourth-order valence-electron chi connectivity index (χ4n) is 0.932. The molecule has 12 heavy (non-hydrogen) atoms. The van der Waals surface area contributed by atoms with Gasteiger partial charge in [0, 0.05) is 6.07 Å². The molecular formula is C9H10FNO. The van der Waals surface area contributed by atoms with Crippen molar-refractivity contribution in [3.63, 3.8) is 0 Å². The quantitative estimate of drug-likeness (QED) is 0.620. The zero-order valence-electron chi connectivity index (χ0n) is 7.10. The van der Waals surface area contributed by atoms with E-state index in [1.54, 1.807) is 13.0 Å². The van der Waals surface area contributed by atoms with Crippen molar-refractivity contribution in [3.8, 4) is 5.75 Å². The fraction of sp³-hybridized carbons (Fsp3) is 0.222. The molecule has 0 saturated carbocycles. The first-order valence-corrected chi connectivity index (χ1v) is 3.50. The van der Waals surface area contributed by atoms with Gasteiger partial charge in [-0.25, -0.2) is 4.39 Å². The lowest BCUT2D eigenvalue weighted by molar-refractivity contribution is 0.414. The first kappa shape index (κ1) is 8.71. The average Bonchev–Trinajstić information content (AvgIpc) is 2.09. The summed E-state index contributed by atoms with van der Waals surface area (Å²) in [5, 5.41) is 0. The van der Waals surface area contributed by atoms with Crippen LogP contribution in [0.25, 0.3) is 0 Å². The van der Waals surface area contributed by atoms with Crippen molar-refractivity contribution in [2.45, 2.75) is 6.92 Å². The standard InChI is InChI=1S/C9H10FNO/c1-6-4-9(12-3)8(11-2)5-7(6)10/h4-5H,2H2,1,3H3. The van der Waals surface area contributed by atoms with Crippen LogP contribution in [0.4, 0.5) is 10.1 Å². The molecule has 0 bridgehead atoms. The molecule has 0 heterocycles. The Kier molecular flexibility index (Phi) is 2.43. The van der Waals surface area contributed by atoms with E-state index in [1.165, 1.54) is 13.2 Å². The van der Waals surface area contributed by atoms with Gasteiger partial charge in [0.15, 0.2) is 0 Å². The molecular weight excluding hydrogens is 157 g/mol. The van der Waals surface area contributed by atoms with Crippen LogP contribution in [0.15, 0.2) is 17.1 Å². The van der Waals surface area contributed by atoms with E-state index in [-0.39, 0.29) is 5.82 Å². The Hall–Kier alpha value is -1.38. The molecule has 1 aromatic rings. The van der Waals surface area contributed by atoms with Gasteiger partial charge >= 0.3 is 0 Å². The molecule has 0 N–H and O–H groups in total. The monoisotopic (exact) mass is 167 g/mol. The SMILES string of the molecule is C=Nc1cc(F)c(C)cc1OC. The maximum atomic E-state index is 12.9. The summed E-state index contributed by atoms with van der Waals surface area (Å²) >= 11 is 0. The molecule has 0 aliphatic carbocycles. The minimum Gasteiger partial charge on any atom is -0.494 e. The van der Waals surface area contributed by atoms with Gasteiger partial charge in [-0.3, -0.25) is 4.99 Å². The molecule has 0 spiro atoms. The Morgan fingerprint density at radius 3 is 2.67 bits per heavy atom. The molecule has 1 rings (SSSR count). The van der Waals surface area contributed by atoms with E-state index in [0.717, 1.165) is 0 Å². The van der Waals surface area contributed by atoms with E-state index in [2.05, 4.69) is 11.7 Å². The van der Waals surface area contributed by atoms with E-state index in [0.29, 0.717) is 17.0 Å². The molecule has 0 aromatic heterocycles. The van der Waals surface area contributed by atoms with Gasteiger partial charge in [-0.15, -0.1) is 0 Å². The first-order chi connectivity index (χ1) is 5.69. The summed E-state index contributed by atoms with van der Waals surface area (Å²) in [6, 6.07) is 2.90. The minimum absolute atomic E-state index is 0.293. The lowest BCUT2D eigenvalue weighted by atomic mass is 10.2. The molecule has 0 radical (unpaired) electrons. The zero-order valence-corrected chi connectivity index (χ0v) is 7.10. The van der Waals surface area contributed by atoms with Crippen molar-refractivity contribution in [3.05, 3.63) is 23.5 Å². The van der Waals surface area contributed by atoms with E-state index < -0.39 is 0 Å². The van der Waals surface area contributed by atoms with Gasteiger partial charge in [0.1, 0.15) is 17.3 Å². The van der Waals surface area contributed by atoms with E-state index in [1.807, 2.05) is 0 Å². The van der Waals surface area contributed by atoms with Gasteiger partial charge in [-0.2, -0.15) is 0 Å². The van der Waals surface area contributed by atoms with Crippen molar-refractivity contribution in [1.82, 2.24) is 0 Å². The first-order valence-electron chi connectivity index (χ1n) is 3.50. The molecule has 0 atom stereocenters. The third-order valence-corrected chi connectivity index (χ3v) is 1.63. The summed E-state index contributed by atoms with van der Waals surface area (Å²) in [5.74, 6) is 0.252. The predicted molar refractivity (Wildman–Crippen MR) is 46.9 cm³/mol. The van der Waals surface area contributed by atoms with Gasteiger partial charge in [0.05, 0.1) is 7.11 Å². The number of benzene rings is 1. The van der Waals surface area contributed by atoms with Crippen molar-refractivity contribution in [2.75, 3.05) is 7.11 Å². The summed E-state index contributed by atoms with van der Waals surface area (Å²) in [7, 11) is 1.52. The lowest BCUT2D eigenvalue weighted by Crippen LogP contribution is -1.87. The highest BCUT2D eigenvalue weighted by Gasteiger charge is 2.05. The van der Waals surface area contributed by atoms with Crippen LogP contribution in [0.2, 0.25) is 0 Å². The fourth-order valence-corrected chi connectivity index (χ4v) is 0.932. The summed E-state index contributed by atoms with van der Waals surface area (Å²) in [6.07, 6.45) is 0. The van der Waals surface area contributed by atoms with Crippen molar-refractivity contribution < 1.29 is 9.13 Å². The molecule has 0 saturated heterocycles. The summed E-state index contributed by atoms with van der Waals surface area (Å²) < 4.78 is 17.9. The van der Waals surface area contributed by atoms with Gasteiger partial charge in [0.25, 0.3) is 0 Å². The molecule has 1 aromatic carbocycles. The van der Waals surface area contributed by atoms with Crippen LogP contribution in [0.3, 0.4) is 0 Å². The zero-order chi connectivity index (χ0) is 9.14. The minimum atomic E-state index is -0.293. The van der Waals surface area contributed by atoms with Crippen LogP contribution < -0.4 is 4.74 Å². The molecule has 0 unspecified atom stereocenters. The summed E-state index contributed by atoms with van der Waals surface area (Å²) in [5.41, 5.74) is 0.972. The summed E-state index contributed by atoms with van der Waals surface area (Å²) in [6.45, 7) is 4.98. The van der Waals surface area contributed by atoms with Crippen molar-refractivity contribution >= 4 is 12.4 Å². The van der Waals surface area contributed by atoms with Gasteiger partial charge in [-0.05, 0) is 25.3 Å². The van der Waals surface area contributed by atoms with Gasteiger partial charge < -0.3 is 4.74 Å². The number of aliphatic imine (C=N–C) groups is 1. The highest BCUT2D eigenvalue weighted by molar-refractivity contribution is 5.57. The number of hydrogen-bond acceptors (Lipinski definition) is 2.